The fourth-order valence-corrected chi connectivity index (χ4v) is 2.60. The Morgan fingerprint density at radius 1 is 1.33 bits per heavy atom. The van der Waals surface area contributed by atoms with Crippen LogP contribution in [-0.2, 0) is 11.0 Å². The molecular weight excluding hydrogens is 355 g/mol. The minimum Gasteiger partial charge on any atom is -0.481 e. The van der Waals surface area contributed by atoms with Crippen molar-refractivity contribution < 1.29 is 27.9 Å². The van der Waals surface area contributed by atoms with Gasteiger partial charge in [0.05, 0.1) is 17.0 Å². The average Bonchev–Trinajstić information content (AvgIpc) is 2.86. The molecule has 4 nitrogen and oxygen atoms in total. The van der Waals surface area contributed by atoms with E-state index in [1.807, 2.05) is 0 Å². The Morgan fingerprint density at radius 3 is 2.52 bits per heavy atom. The number of nitrogens with zero attached hydrogens (tertiary/aromatic N) is 1. The molecule has 0 bridgehead atoms. The van der Waals surface area contributed by atoms with E-state index in [9.17, 15) is 22.8 Å². The molecular formula is C13H11BrF3NO3. The van der Waals surface area contributed by atoms with Gasteiger partial charge in [-0.2, -0.15) is 13.2 Å². The summed E-state index contributed by atoms with van der Waals surface area (Å²) in [5.41, 5.74) is -1.03. The summed E-state index contributed by atoms with van der Waals surface area (Å²) in [6.07, 6.45) is -4.23. The highest BCUT2D eigenvalue weighted by molar-refractivity contribution is 9.10. The number of benzene rings is 1. The van der Waals surface area contributed by atoms with E-state index in [-0.39, 0.29) is 23.1 Å². The molecule has 0 radical (unpaired) electrons. The largest absolute Gasteiger partial charge is 0.481 e. The third kappa shape index (κ3) is 3.37. The number of carbonyl (C=O) groups is 2. The zero-order valence-corrected chi connectivity index (χ0v) is 12.2. The number of hydrogen-bond acceptors (Lipinski definition) is 2. The second kappa shape index (κ2) is 5.67. The van der Waals surface area contributed by atoms with E-state index in [0.29, 0.717) is 6.42 Å². The Morgan fingerprint density at radius 2 is 2.00 bits per heavy atom. The summed E-state index contributed by atoms with van der Waals surface area (Å²) in [4.78, 5) is 24.4. The first-order valence-corrected chi connectivity index (χ1v) is 6.88. The molecule has 1 aromatic carbocycles. The van der Waals surface area contributed by atoms with Gasteiger partial charge in [0.1, 0.15) is 0 Å². The Bertz CT molecular complexity index is 589. The maximum atomic E-state index is 12.7. The van der Waals surface area contributed by atoms with Crippen molar-refractivity contribution in [1.29, 1.82) is 0 Å². The predicted molar refractivity (Wildman–Crippen MR) is 70.8 cm³/mol. The van der Waals surface area contributed by atoms with Crippen LogP contribution in [0.15, 0.2) is 22.7 Å². The summed E-state index contributed by atoms with van der Waals surface area (Å²) >= 11 is 3.06. The minimum atomic E-state index is -4.54. The maximum Gasteiger partial charge on any atom is 0.416 e. The van der Waals surface area contributed by atoms with Gasteiger partial charge in [0.25, 0.3) is 5.91 Å². The number of carboxylic acid groups (broad SMARTS) is 1. The van der Waals surface area contributed by atoms with Crippen molar-refractivity contribution >= 4 is 27.8 Å². The molecule has 114 valence electrons. The van der Waals surface area contributed by atoms with Crippen LogP contribution >= 0.6 is 15.9 Å². The molecule has 1 saturated heterocycles. The van der Waals surface area contributed by atoms with Crippen LogP contribution in [0.4, 0.5) is 13.2 Å². The molecule has 0 saturated carbocycles. The third-order valence-electron chi connectivity index (χ3n) is 3.35. The molecule has 1 fully saturated rings. The van der Waals surface area contributed by atoms with Gasteiger partial charge >= 0.3 is 12.1 Å². The number of likely N-dealkylation sites (tertiary alicyclic amines) is 1. The lowest BCUT2D eigenvalue weighted by atomic mass is 10.1. The van der Waals surface area contributed by atoms with Crippen molar-refractivity contribution in [1.82, 2.24) is 4.90 Å². The monoisotopic (exact) mass is 365 g/mol. The lowest BCUT2D eigenvalue weighted by Crippen LogP contribution is -2.30. The topological polar surface area (TPSA) is 57.6 Å². The van der Waals surface area contributed by atoms with Crippen LogP contribution in [0.2, 0.25) is 0 Å². The molecule has 2 rings (SSSR count). The summed E-state index contributed by atoms with van der Waals surface area (Å²) in [5.74, 6) is -2.27. The normalized spacial score (nSPS) is 18.9. The van der Waals surface area contributed by atoms with Gasteiger partial charge in [-0.15, -0.1) is 0 Å². The summed E-state index contributed by atoms with van der Waals surface area (Å²) in [6.45, 7) is 0.231. The highest BCUT2D eigenvalue weighted by atomic mass is 79.9. The Labute approximate surface area is 126 Å². The van der Waals surface area contributed by atoms with Crippen molar-refractivity contribution in [2.45, 2.75) is 12.6 Å². The Kier molecular flexibility index (Phi) is 4.27. The second-order valence-electron chi connectivity index (χ2n) is 4.77. The van der Waals surface area contributed by atoms with Crippen molar-refractivity contribution in [3.05, 3.63) is 33.8 Å². The van der Waals surface area contributed by atoms with E-state index in [1.165, 1.54) is 11.0 Å². The summed E-state index contributed by atoms with van der Waals surface area (Å²) in [5, 5.41) is 8.89. The number of aliphatic carboxylic acids is 1. The van der Waals surface area contributed by atoms with E-state index in [2.05, 4.69) is 15.9 Å². The van der Waals surface area contributed by atoms with Gasteiger partial charge in [-0.05, 0) is 40.5 Å². The van der Waals surface area contributed by atoms with Gasteiger partial charge in [0.2, 0.25) is 0 Å². The molecule has 0 aliphatic carbocycles. The van der Waals surface area contributed by atoms with Gasteiger partial charge < -0.3 is 10.0 Å². The number of rotatable bonds is 2. The molecule has 0 aromatic heterocycles. The third-order valence-corrected chi connectivity index (χ3v) is 4.04. The predicted octanol–water partition coefficient (Wildman–Crippen LogP) is 3.01. The molecule has 1 aromatic rings. The first kappa shape index (κ1) is 15.8. The van der Waals surface area contributed by atoms with E-state index < -0.39 is 29.5 Å². The van der Waals surface area contributed by atoms with E-state index in [1.54, 1.807) is 0 Å². The smallest absolute Gasteiger partial charge is 0.416 e. The van der Waals surface area contributed by atoms with Crippen LogP contribution in [0.1, 0.15) is 22.3 Å². The minimum absolute atomic E-state index is 0.0108. The lowest BCUT2D eigenvalue weighted by molar-refractivity contribution is -0.141. The zero-order valence-electron chi connectivity index (χ0n) is 10.7. The summed E-state index contributed by atoms with van der Waals surface area (Å²) < 4.78 is 38.3. The molecule has 1 heterocycles. The first-order valence-electron chi connectivity index (χ1n) is 6.09. The zero-order chi connectivity index (χ0) is 15.8. The van der Waals surface area contributed by atoms with Crippen LogP contribution in [-0.4, -0.2) is 35.0 Å². The molecule has 1 amide bonds. The van der Waals surface area contributed by atoms with Crippen molar-refractivity contribution in [2.75, 3.05) is 13.1 Å². The van der Waals surface area contributed by atoms with Crippen molar-refractivity contribution in [3.63, 3.8) is 0 Å². The maximum absolute atomic E-state index is 12.7. The van der Waals surface area contributed by atoms with Crippen LogP contribution in [0.3, 0.4) is 0 Å². The molecule has 1 atom stereocenters. The van der Waals surface area contributed by atoms with Gasteiger partial charge in [0.15, 0.2) is 0 Å². The average molecular weight is 366 g/mol. The first-order chi connectivity index (χ1) is 9.70. The number of alkyl halides is 3. The Hall–Kier alpha value is -1.57. The fraction of sp³-hybridized carbons (Fsp3) is 0.385. The van der Waals surface area contributed by atoms with Crippen molar-refractivity contribution in [3.8, 4) is 0 Å². The molecule has 21 heavy (non-hydrogen) atoms. The van der Waals surface area contributed by atoms with Crippen LogP contribution < -0.4 is 0 Å². The fourth-order valence-electron chi connectivity index (χ4n) is 2.18. The van der Waals surface area contributed by atoms with Gasteiger partial charge in [-0.3, -0.25) is 9.59 Å². The quantitative estimate of drug-likeness (QED) is 0.876. The molecule has 1 aliphatic rings. The highest BCUT2D eigenvalue weighted by Gasteiger charge is 2.34. The van der Waals surface area contributed by atoms with Gasteiger partial charge in [-0.1, -0.05) is 0 Å². The van der Waals surface area contributed by atoms with Crippen molar-refractivity contribution in [2.24, 2.45) is 5.92 Å². The van der Waals surface area contributed by atoms with Crippen LogP contribution in [0.25, 0.3) is 0 Å². The van der Waals surface area contributed by atoms with E-state index in [4.69, 9.17) is 5.11 Å². The lowest BCUT2D eigenvalue weighted by Gasteiger charge is -2.18. The molecule has 1 N–H and O–H groups in total. The summed E-state index contributed by atoms with van der Waals surface area (Å²) in [7, 11) is 0. The number of amides is 1. The van der Waals surface area contributed by atoms with Gasteiger partial charge in [-0.25, -0.2) is 0 Å². The number of halogens is 4. The standard InChI is InChI=1S/C13H11BrF3NO3/c14-10-2-1-8(13(15,16)17)5-9(10)11(19)18-4-3-7(6-18)12(20)21/h1-2,5,7H,3-4,6H2,(H,20,21). The molecule has 8 heteroatoms. The number of carbonyl (C=O) groups excluding carboxylic acids is 1. The molecule has 1 unspecified atom stereocenters. The molecule has 1 aliphatic heterocycles. The highest BCUT2D eigenvalue weighted by Crippen LogP contribution is 2.32. The summed E-state index contributed by atoms with van der Waals surface area (Å²) in [6, 6.07) is 2.83. The number of carboxylic acids is 1. The molecule has 0 spiro atoms. The Balaban J connectivity index is 2.26. The van der Waals surface area contributed by atoms with Gasteiger partial charge in [0, 0.05) is 17.6 Å². The van der Waals surface area contributed by atoms with Crippen LogP contribution in [0.5, 0.6) is 0 Å². The van der Waals surface area contributed by atoms with E-state index in [0.717, 1.165) is 12.1 Å². The van der Waals surface area contributed by atoms with Crippen LogP contribution in [0, 0.1) is 5.92 Å². The number of hydrogen-bond donors (Lipinski definition) is 1. The SMILES string of the molecule is O=C(O)C1CCN(C(=O)c2cc(C(F)(F)F)ccc2Br)C1. The van der Waals surface area contributed by atoms with E-state index >= 15 is 0 Å². The second-order valence-corrected chi connectivity index (χ2v) is 5.62.